The highest BCUT2D eigenvalue weighted by Gasteiger charge is 1.98. The van der Waals surface area contributed by atoms with Crippen molar-refractivity contribution in [3.05, 3.63) is 48.5 Å². The fraction of sp³-hybridized carbons (Fsp3) is 0. The van der Waals surface area contributed by atoms with Crippen LogP contribution < -0.4 is 0 Å². The van der Waals surface area contributed by atoms with Gasteiger partial charge in [-0.2, -0.15) is 0 Å². The highest BCUT2D eigenvalue weighted by atomic mass is 35.5. The molecule has 3 aromatic rings. The highest BCUT2D eigenvalue weighted by Crippen LogP contribution is 2.14. The van der Waals surface area contributed by atoms with Crippen LogP contribution >= 0.6 is 12.4 Å². The molecule has 1 heterocycles. The van der Waals surface area contributed by atoms with Gasteiger partial charge in [0.05, 0.1) is 22.1 Å². The van der Waals surface area contributed by atoms with Crippen molar-refractivity contribution in [2.24, 2.45) is 0 Å². The molecule has 0 unspecified atom stereocenters. The Morgan fingerprint density at radius 2 is 0.800 bits per heavy atom. The second-order valence-electron chi connectivity index (χ2n) is 3.20. The molecule has 3 rings (SSSR count). The molecule has 0 bridgehead atoms. The molecule has 15 heavy (non-hydrogen) atoms. The van der Waals surface area contributed by atoms with E-state index in [2.05, 4.69) is 9.97 Å². The Bertz CT molecular complexity index is 502. The third-order valence-electron chi connectivity index (χ3n) is 2.25. The van der Waals surface area contributed by atoms with Crippen LogP contribution in [0.4, 0.5) is 0 Å². The molecule has 2 nitrogen and oxygen atoms in total. The van der Waals surface area contributed by atoms with Gasteiger partial charge < -0.3 is 0 Å². The fourth-order valence-corrected chi connectivity index (χ4v) is 1.57. The van der Waals surface area contributed by atoms with Crippen molar-refractivity contribution in [2.75, 3.05) is 0 Å². The summed E-state index contributed by atoms with van der Waals surface area (Å²) >= 11 is 0. The van der Waals surface area contributed by atoms with Gasteiger partial charge in [0, 0.05) is 0 Å². The molecule has 0 amide bonds. The van der Waals surface area contributed by atoms with E-state index in [0.717, 1.165) is 22.1 Å². The van der Waals surface area contributed by atoms with E-state index in [4.69, 9.17) is 0 Å². The summed E-state index contributed by atoms with van der Waals surface area (Å²) in [7, 11) is 0. The molecule has 0 saturated carbocycles. The van der Waals surface area contributed by atoms with E-state index >= 15 is 0 Å². The number of hydrogen-bond donors (Lipinski definition) is 0. The zero-order valence-corrected chi connectivity index (χ0v) is 8.74. The first-order valence-corrected chi connectivity index (χ1v) is 4.55. The zero-order chi connectivity index (χ0) is 9.38. The van der Waals surface area contributed by atoms with Crippen LogP contribution in [0, 0.1) is 0 Å². The van der Waals surface area contributed by atoms with Gasteiger partial charge in [-0.25, -0.2) is 9.97 Å². The fourth-order valence-electron chi connectivity index (χ4n) is 1.57. The van der Waals surface area contributed by atoms with E-state index in [1.807, 2.05) is 48.5 Å². The number of para-hydroxylation sites is 4. The highest BCUT2D eigenvalue weighted by molar-refractivity contribution is 5.86. The first kappa shape index (κ1) is 9.87. The van der Waals surface area contributed by atoms with Crippen molar-refractivity contribution < 1.29 is 0 Å². The standard InChI is InChI=1S/C12H8N2.ClH/c1-2-6-10-9(5-1)13-11-7-3-4-8-12(11)14-10;/h1-8H;1H. The summed E-state index contributed by atoms with van der Waals surface area (Å²) in [6.07, 6.45) is 0. The smallest absolute Gasteiger partial charge is 0.0894 e. The Morgan fingerprint density at radius 1 is 0.533 bits per heavy atom. The minimum absolute atomic E-state index is 0. The number of halogens is 1. The molecule has 0 atom stereocenters. The van der Waals surface area contributed by atoms with Crippen molar-refractivity contribution in [1.29, 1.82) is 0 Å². The minimum atomic E-state index is 0. The first-order valence-electron chi connectivity index (χ1n) is 4.55. The van der Waals surface area contributed by atoms with Crippen LogP contribution in [0.25, 0.3) is 22.1 Å². The molecule has 0 radical (unpaired) electrons. The summed E-state index contributed by atoms with van der Waals surface area (Å²) in [5, 5.41) is 0. The SMILES string of the molecule is Cl.c1ccc2nc3ccccc3nc2c1. The van der Waals surface area contributed by atoms with Gasteiger partial charge >= 0.3 is 0 Å². The molecule has 1 aromatic heterocycles. The van der Waals surface area contributed by atoms with Crippen molar-refractivity contribution in [3.63, 3.8) is 0 Å². The van der Waals surface area contributed by atoms with Gasteiger partial charge in [-0.05, 0) is 24.3 Å². The molecule has 0 saturated heterocycles. The molecule has 74 valence electrons. The summed E-state index contributed by atoms with van der Waals surface area (Å²) in [5.41, 5.74) is 3.80. The Hall–Kier alpha value is -1.67. The van der Waals surface area contributed by atoms with Gasteiger partial charge in [0.25, 0.3) is 0 Å². The third kappa shape index (κ3) is 1.64. The number of rotatable bonds is 0. The molecule has 0 fully saturated rings. The molecule has 0 spiro atoms. The predicted octanol–water partition coefficient (Wildman–Crippen LogP) is 3.20. The zero-order valence-electron chi connectivity index (χ0n) is 7.92. The quantitative estimate of drug-likeness (QED) is 0.540. The lowest BCUT2D eigenvalue weighted by Crippen LogP contribution is -1.85. The van der Waals surface area contributed by atoms with Crippen LogP contribution in [0.5, 0.6) is 0 Å². The minimum Gasteiger partial charge on any atom is -0.245 e. The van der Waals surface area contributed by atoms with E-state index in [-0.39, 0.29) is 12.4 Å². The number of fused-ring (bicyclic) bond motifs is 2. The van der Waals surface area contributed by atoms with Gasteiger partial charge in [0.15, 0.2) is 0 Å². The molecule has 0 N–H and O–H groups in total. The third-order valence-corrected chi connectivity index (χ3v) is 2.25. The molecule has 2 aromatic carbocycles. The first-order chi connectivity index (χ1) is 6.93. The molecule has 0 aliphatic carbocycles. The van der Waals surface area contributed by atoms with E-state index < -0.39 is 0 Å². The predicted molar refractivity (Wildman–Crippen MR) is 64.3 cm³/mol. The van der Waals surface area contributed by atoms with Crippen molar-refractivity contribution in [1.82, 2.24) is 9.97 Å². The molecule has 0 aliphatic rings. The summed E-state index contributed by atoms with van der Waals surface area (Å²) in [4.78, 5) is 9.03. The summed E-state index contributed by atoms with van der Waals surface area (Å²) < 4.78 is 0. The summed E-state index contributed by atoms with van der Waals surface area (Å²) in [6.45, 7) is 0. The monoisotopic (exact) mass is 216 g/mol. The van der Waals surface area contributed by atoms with Gasteiger partial charge in [0.2, 0.25) is 0 Å². The Morgan fingerprint density at radius 3 is 1.07 bits per heavy atom. The number of aromatic nitrogens is 2. The molecular weight excluding hydrogens is 208 g/mol. The topological polar surface area (TPSA) is 25.8 Å². The Balaban J connectivity index is 0.000000853. The molecular formula is C12H9ClN2. The van der Waals surface area contributed by atoms with Crippen molar-refractivity contribution in [3.8, 4) is 0 Å². The maximum atomic E-state index is 4.52. The van der Waals surface area contributed by atoms with E-state index in [0.29, 0.717) is 0 Å². The number of nitrogens with zero attached hydrogens (tertiary/aromatic N) is 2. The van der Waals surface area contributed by atoms with Gasteiger partial charge in [-0.15, -0.1) is 12.4 Å². The molecule has 3 heteroatoms. The second kappa shape index (κ2) is 3.83. The van der Waals surface area contributed by atoms with Crippen LogP contribution in [0.3, 0.4) is 0 Å². The van der Waals surface area contributed by atoms with Crippen LogP contribution in [-0.2, 0) is 0 Å². The van der Waals surface area contributed by atoms with E-state index in [1.54, 1.807) is 0 Å². The maximum Gasteiger partial charge on any atom is 0.0894 e. The lowest BCUT2D eigenvalue weighted by atomic mass is 10.2. The lowest BCUT2D eigenvalue weighted by molar-refractivity contribution is 1.39. The Labute approximate surface area is 93.4 Å². The lowest BCUT2D eigenvalue weighted by Gasteiger charge is -1.98. The van der Waals surface area contributed by atoms with Crippen LogP contribution in [0.15, 0.2) is 48.5 Å². The maximum absolute atomic E-state index is 4.52. The van der Waals surface area contributed by atoms with Gasteiger partial charge in [-0.3, -0.25) is 0 Å². The van der Waals surface area contributed by atoms with E-state index in [9.17, 15) is 0 Å². The van der Waals surface area contributed by atoms with Crippen molar-refractivity contribution in [2.45, 2.75) is 0 Å². The largest absolute Gasteiger partial charge is 0.245 e. The van der Waals surface area contributed by atoms with E-state index in [1.165, 1.54) is 0 Å². The average molecular weight is 217 g/mol. The van der Waals surface area contributed by atoms with Crippen molar-refractivity contribution >= 4 is 34.5 Å². The van der Waals surface area contributed by atoms with Crippen LogP contribution in [0.2, 0.25) is 0 Å². The Kier molecular flexibility index (Phi) is 2.52. The van der Waals surface area contributed by atoms with Crippen LogP contribution in [-0.4, -0.2) is 9.97 Å². The second-order valence-corrected chi connectivity index (χ2v) is 3.20. The molecule has 0 aliphatic heterocycles. The van der Waals surface area contributed by atoms with Gasteiger partial charge in [0.1, 0.15) is 0 Å². The number of benzene rings is 2. The number of hydrogen-bond acceptors (Lipinski definition) is 2. The summed E-state index contributed by atoms with van der Waals surface area (Å²) in [5.74, 6) is 0. The average Bonchev–Trinajstić information content (AvgIpc) is 2.26. The van der Waals surface area contributed by atoms with Gasteiger partial charge in [-0.1, -0.05) is 24.3 Å². The van der Waals surface area contributed by atoms with Crippen LogP contribution in [0.1, 0.15) is 0 Å². The normalized spacial score (nSPS) is 10.1. The summed E-state index contributed by atoms with van der Waals surface area (Å²) in [6, 6.07) is 15.8.